The minimum atomic E-state index is -3.03. The van der Waals surface area contributed by atoms with Gasteiger partial charge in [0.05, 0.1) is 18.1 Å². The number of amides is 1. The first kappa shape index (κ1) is 20.8. The van der Waals surface area contributed by atoms with Gasteiger partial charge in [-0.3, -0.25) is 9.69 Å². The van der Waals surface area contributed by atoms with Crippen molar-refractivity contribution in [3.63, 3.8) is 0 Å². The Kier molecular flexibility index (Phi) is 6.25. The SMILES string of the molecule is O=C(CN1CCC[C@H]1Cc1cccc(F)c1)N(C1CCCC1)[C@H]1CCS(=O)(=O)C1. The van der Waals surface area contributed by atoms with Crippen LogP contribution in [0.2, 0.25) is 0 Å². The summed E-state index contributed by atoms with van der Waals surface area (Å²) in [6.45, 7) is 1.21. The van der Waals surface area contributed by atoms with Crippen molar-refractivity contribution in [2.24, 2.45) is 0 Å². The van der Waals surface area contributed by atoms with Gasteiger partial charge in [-0.25, -0.2) is 12.8 Å². The van der Waals surface area contributed by atoms with Crippen molar-refractivity contribution in [1.82, 2.24) is 9.80 Å². The maximum Gasteiger partial charge on any atom is 0.237 e. The molecule has 2 saturated heterocycles. The summed E-state index contributed by atoms with van der Waals surface area (Å²) in [7, 11) is -3.03. The van der Waals surface area contributed by atoms with E-state index in [4.69, 9.17) is 0 Å². The van der Waals surface area contributed by atoms with E-state index in [1.807, 2.05) is 11.0 Å². The highest BCUT2D eigenvalue weighted by Gasteiger charge is 2.40. The number of sulfone groups is 1. The summed E-state index contributed by atoms with van der Waals surface area (Å²) in [6, 6.07) is 6.96. The van der Waals surface area contributed by atoms with E-state index >= 15 is 0 Å². The number of benzene rings is 1. The lowest BCUT2D eigenvalue weighted by atomic mass is 10.0. The van der Waals surface area contributed by atoms with Gasteiger partial charge in [-0.15, -0.1) is 0 Å². The first-order valence-corrected chi connectivity index (χ1v) is 12.7. The van der Waals surface area contributed by atoms with E-state index in [0.29, 0.717) is 13.0 Å². The molecule has 1 aromatic rings. The van der Waals surface area contributed by atoms with Gasteiger partial charge in [0.15, 0.2) is 9.84 Å². The van der Waals surface area contributed by atoms with E-state index in [-0.39, 0.29) is 41.4 Å². The fourth-order valence-electron chi connectivity index (χ4n) is 5.41. The zero-order valence-corrected chi connectivity index (χ0v) is 17.7. The number of rotatable bonds is 6. The molecule has 0 N–H and O–H groups in total. The molecule has 1 amide bonds. The normalized spacial score (nSPS) is 27.5. The fraction of sp³-hybridized carbons (Fsp3) is 0.682. The van der Waals surface area contributed by atoms with Crippen molar-refractivity contribution in [1.29, 1.82) is 0 Å². The molecule has 3 aliphatic rings. The average molecular weight is 423 g/mol. The molecular weight excluding hydrogens is 391 g/mol. The van der Waals surface area contributed by atoms with Gasteiger partial charge in [0.25, 0.3) is 0 Å². The second-order valence-corrected chi connectivity index (χ2v) is 11.1. The van der Waals surface area contributed by atoms with Crippen LogP contribution >= 0.6 is 0 Å². The summed E-state index contributed by atoms with van der Waals surface area (Å²) in [5.74, 6) is 0.158. The van der Waals surface area contributed by atoms with Crippen LogP contribution in [0.15, 0.2) is 24.3 Å². The predicted molar refractivity (Wildman–Crippen MR) is 111 cm³/mol. The van der Waals surface area contributed by atoms with E-state index in [2.05, 4.69) is 4.90 Å². The van der Waals surface area contributed by atoms with E-state index < -0.39 is 9.84 Å². The molecule has 5 nitrogen and oxygen atoms in total. The van der Waals surface area contributed by atoms with Crippen molar-refractivity contribution in [3.8, 4) is 0 Å². The zero-order valence-electron chi connectivity index (χ0n) is 16.9. The maximum atomic E-state index is 13.5. The van der Waals surface area contributed by atoms with Crippen LogP contribution in [0.25, 0.3) is 0 Å². The Labute approximate surface area is 173 Å². The lowest BCUT2D eigenvalue weighted by molar-refractivity contribution is -0.137. The van der Waals surface area contributed by atoms with E-state index in [9.17, 15) is 17.6 Å². The summed E-state index contributed by atoms with van der Waals surface area (Å²) >= 11 is 0. The lowest BCUT2D eigenvalue weighted by Gasteiger charge is -2.36. The highest BCUT2D eigenvalue weighted by Crippen LogP contribution is 2.30. The first-order chi connectivity index (χ1) is 13.9. The monoisotopic (exact) mass is 422 g/mol. The lowest BCUT2D eigenvalue weighted by Crippen LogP contribution is -2.51. The van der Waals surface area contributed by atoms with Gasteiger partial charge in [0, 0.05) is 18.1 Å². The molecule has 2 heterocycles. The third kappa shape index (κ3) is 5.00. The fourth-order valence-corrected chi connectivity index (χ4v) is 7.12. The molecule has 0 aromatic heterocycles. The summed E-state index contributed by atoms with van der Waals surface area (Å²) in [6.07, 6.45) is 7.53. The summed E-state index contributed by atoms with van der Waals surface area (Å²) in [4.78, 5) is 17.5. The number of hydrogen-bond donors (Lipinski definition) is 0. The number of likely N-dealkylation sites (tertiary alicyclic amines) is 1. The third-order valence-corrected chi connectivity index (χ3v) is 8.56. The number of carbonyl (C=O) groups is 1. The van der Waals surface area contributed by atoms with Crippen LogP contribution in [0.5, 0.6) is 0 Å². The summed E-state index contributed by atoms with van der Waals surface area (Å²) < 4.78 is 37.6. The van der Waals surface area contributed by atoms with Crippen LogP contribution in [0, 0.1) is 5.82 Å². The molecule has 7 heteroatoms. The number of nitrogens with zero attached hydrogens (tertiary/aromatic N) is 2. The Morgan fingerprint density at radius 2 is 1.90 bits per heavy atom. The molecule has 0 radical (unpaired) electrons. The Balaban J connectivity index is 1.44. The van der Waals surface area contributed by atoms with Crippen molar-refractivity contribution >= 4 is 15.7 Å². The standard InChI is InChI=1S/C22H31FN2O3S/c23-18-6-3-5-17(13-18)14-20-9-4-11-24(20)15-22(26)25(19-7-1-2-8-19)21-10-12-29(27,28)16-21/h3,5-6,13,19-21H,1-2,4,7-12,14-16H2/t20-,21-/m0/s1. The molecule has 2 aliphatic heterocycles. The molecule has 4 rings (SSSR count). The summed E-state index contributed by atoms with van der Waals surface area (Å²) in [5.41, 5.74) is 0.962. The molecule has 3 fully saturated rings. The van der Waals surface area contributed by atoms with Crippen molar-refractivity contribution in [2.45, 2.75) is 69.5 Å². The number of halogens is 1. The highest BCUT2D eigenvalue weighted by atomic mass is 32.2. The molecule has 0 spiro atoms. The number of hydrogen-bond acceptors (Lipinski definition) is 4. The molecular formula is C22H31FN2O3S. The van der Waals surface area contributed by atoms with Gasteiger partial charge in [-0.1, -0.05) is 25.0 Å². The second-order valence-electron chi connectivity index (χ2n) is 8.90. The van der Waals surface area contributed by atoms with Gasteiger partial charge in [-0.2, -0.15) is 0 Å². The quantitative estimate of drug-likeness (QED) is 0.707. The van der Waals surface area contributed by atoms with Crippen molar-refractivity contribution in [3.05, 3.63) is 35.6 Å². The first-order valence-electron chi connectivity index (χ1n) is 10.9. The maximum absolute atomic E-state index is 13.5. The number of carbonyl (C=O) groups excluding carboxylic acids is 1. The third-order valence-electron chi connectivity index (χ3n) is 6.81. The molecule has 1 aromatic carbocycles. The molecule has 1 saturated carbocycles. The van der Waals surface area contributed by atoms with Gasteiger partial charge in [-0.05, 0) is 62.8 Å². The van der Waals surface area contributed by atoms with Crippen molar-refractivity contribution < 1.29 is 17.6 Å². The largest absolute Gasteiger partial charge is 0.335 e. The van der Waals surface area contributed by atoms with E-state index in [1.165, 1.54) is 6.07 Å². The molecule has 29 heavy (non-hydrogen) atoms. The minimum Gasteiger partial charge on any atom is -0.335 e. The van der Waals surface area contributed by atoms with E-state index in [1.54, 1.807) is 12.1 Å². The predicted octanol–water partition coefficient (Wildman–Crippen LogP) is 2.79. The van der Waals surface area contributed by atoms with Crippen LogP contribution in [0.3, 0.4) is 0 Å². The van der Waals surface area contributed by atoms with Crippen LogP contribution in [-0.2, 0) is 21.1 Å². The summed E-state index contributed by atoms with van der Waals surface area (Å²) in [5, 5.41) is 0. The van der Waals surface area contributed by atoms with Gasteiger partial charge < -0.3 is 4.90 Å². The second kappa shape index (κ2) is 8.72. The zero-order chi connectivity index (χ0) is 20.4. The van der Waals surface area contributed by atoms with Crippen LogP contribution in [-0.4, -0.2) is 66.8 Å². The highest BCUT2D eigenvalue weighted by molar-refractivity contribution is 7.91. The van der Waals surface area contributed by atoms with Gasteiger partial charge in [0.2, 0.25) is 5.91 Å². The van der Waals surface area contributed by atoms with Crippen molar-refractivity contribution in [2.75, 3.05) is 24.6 Å². The topological polar surface area (TPSA) is 57.7 Å². The molecule has 160 valence electrons. The smallest absolute Gasteiger partial charge is 0.237 e. The van der Waals surface area contributed by atoms with E-state index in [0.717, 1.165) is 57.1 Å². The molecule has 0 bridgehead atoms. The Hall–Kier alpha value is -1.47. The van der Waals surface area contributed by atoms with Crippen LogP contribution in [0.1, 0.15) is 50.5 Å². The van der Waals surface area contributed by atoms with Gasteiger partial charge in [0.1, 0.15) is 5.82 Å². The van der Waals surface area contributed by atoms with Gasteiger partial charge >= 0.3 is 0 Å². The Morgan fingerprint density at radius 3 is 2.59 bits per heavy atom. The minimum absolute atomic E-state index is 0.0742. The average Bonchev–Trinajstić information content (AvgIpc) is 3.39. The molecule has 1 aliphatic carbocycles. The molecule has 0 unspecified atom stereocenters. The molecule has 2 atom stereocenters. The van der Waals surface area contributed by atoms with Crippen LogP contribution < -0.4 is 0 Å². The Bertz CT molecular complexity index is 838. The Morgan fingerprint density at radius 1 is 1.10 bits per heavy atom. The van der Waals surface area contributed by atoms with Crippen LogP contribution in [0.4, 0.5) is 4.39 Å².